The van der Waals surface area contributed by atoms with Gasteiger partial charge in [0.05, 0.1) is 11.5 Å². The van der Waals surface area contributed by atoms with Gasteiger partial charge in [0.2, 0.25) is 0 Å². The van der Waals surface area contributed by atoms with Crippen molar-refractivity contribution in [2.24, 2.45) is 22.7 Å². The number of hydrogen-bond donors (Lipinski definition) is 3. The normalized spacial score (nSPS) is 46.6. The molecular weight excluding hydrogens is 431 g/mol. The van der Waals surface area contributed by atoms with Gasteiger partial charge in [-0.25, -0.2) is 4.39 Å². The van der Waals surface area contributed by atoms with E-state index in [-0.39, 0.29) is 31.5 Å². The molecule has 3 N–H and O–H groups in total. The highest BCUT2D eigenvalue weighted by Crippen LogP contribution is 2.70. The van der Waals surface area contributed by atoms with Crippen LogP contribution in [-0.2, 0) is 19.1 Å². The fraction of sp³-hybridized carbons (Fsp3) is 0.800. The molecule has 33 heavy (non-hydrogen) atoms. The van der Waals surface area contributed by atoms with Gasteiger partial charge in [-0.3, -0.25) is 14.4 Å². The van der Waals surface area contributed by atoms with Gasteiger partial charge < -0.3 is 20.1 Å². The second kappa shape index (κ2) is 7.95. The number of rotatable bonds is 5. The molecule has 184 valence electrons. The van der Waals surface area contributed by atoms with Crippen molar-refractivity contribution in [2.45, 2.75) is 95.6 Å². The first-order chi connectivity index (χ1) is 15.4. The predicted octanol–water partition coefficient (Wildman–Crippen LogP) is 2.20. The van der Waals surface area contributed by atoms with Crippen LogP contribution in [0.15, 0.2) is 11.6 Å². The minimum atomic E-state index is -2.20. The maximum atomic E-state index is 17.5. The van der Waals surface area contributed by atoms with Gasteiger partial charge in [-0.1, -0.05) is 19.4 Å². The minimum absolute atomic E-state index is 0.0969. The van der Waals surface area contributed by atoms with Crippen molar-refractivity contribution >= 4 is 17.5 Å². The summed E-state index contributed by atoms with van der Waals surface area (Å²) >= 11 is 0. The second-order valence-electron chi connectivity index (χ2n) is 10.9. The van der Waals surface area contributed by atoms with Crippen LogP contribution in [0.4, 0.5) is 4.39 Å². The lowest BCUT2D eigenvalue weighted by Gasteiger charge is -2.64. The van der Waals surface area contributed by atoms with Crippen molar-refractivity contribution in [3.63, 3.8) is 0 Å². The van der Waals surface area contributed by atoms with Crippen LogP contribution in [0.2, 0.25) is 0 Å². The molecule has 0 aliphatic heterocycles. The number of aliphatic hydroxyl groups excluding tert-OH is 2. The van der Waals surface area contributed by atoms with E-state index >= 15 is 4.39 Å². The Bertz CT molecular complexity index is 901. The van der Waals surface area contributed by atoms with E-state index in [2.05, 4.69) is 0 Å². The number of ether oxygens (including phenoxy) is 1. The summed E-state index contributed by atoms with van der Waals surface area (Å²) in [4.78, 5) is 37.3. The molecule has 0 amide bonds. The Kier molecular flexibility index (Phi) is 5.90. The molecule has 4 aliphatic carbocycles. The molecule has 0 radical (unpaired) electrons. The third kappa shape index (κ3) is 3.06. The molecule has 4 aliphatic rings. The van der Waals surface area contributed by atoms with Crippen LogP contribution in [0.1, 0.15) is 72.1 Å². The van der Waals surface area contributed by atoms with Gasteiger partial charge in [0.25, 0.3) is 0 Å². The minimum Gasteiger partial charge on any atom is -0.461 e. The zero-order valence-corrected chi connectivity index (χ0v) is 19.6. The Balaban J connectivity index is 1.79. The number of halogens is 1. The van der Waals surface area contributed by atoms with Crippen molar-refractivity contribution in [1.82, 2.24) is 0 Å². The summed E-state index contributed by atoms with van der Waals surface area (Å²) in [6.07, 6.45) is 0.510. The lowest BCUT2D eigenvalue weighted by Crippen LogP contribution is -2.72. The molecule has 7 nitrogen and oxygen atoms in total. The van der Waals surface area contributed by atoms with Crippen molar-refractivity contribution in [2.75, 3.05) is 6.61 Å². The lowest BCUT2D eigenvalue weighted by molar-refractivity contribution is -0.245. The molecule has 0 aromatic heterocycles. The Morgan fingerprint density at radius 3 is 2.58 bits per heavy atom. The molecular formula is C25H35FO7. The number of aliphatic hydroxyl groups is 3. The summed E-state index contributed by atoms with van der Waals surface area (Å²) in [7, 11) is 0. The second-order valence-corrected chi connectivity index (χ2v) is 10.9. The fourth-order valence-corrected chi connectivity index (χ4v) is 7.78. The molecule has 0 heterocycles. The maximum absolute atomic E-state index is 17.5. The van der Waals surface area contributed by atoms with Crippen LogP contribution in [-0.4, -0.2) is 62.9 Å². The molecule has 1 unspecified atom stereocenters. The third-order valence-electron chi connectivity index (χ3n) is 9.59. The van der Waals surface area contributed by atoms with Gasteiger partial charge in [0.15, 0.2) is 17.2 Å². The Morgan fingerprint density at radius 2 is 1.94 bits per heavy atom. The van der Waals surface area contributed by atoms with Crippen LogP contribution in [0, 0.1) is 22.7 Å². The molecule has 0 saturated heterocycles. The standard InChI is InChI=1S/C25H35FO7/c1-4-5-21(31)33-20-11-15(28)10-14-6-7-17-16-8-9-24(32,19(30)13-27)22(16,2)12-18(29)25(17,26)23(14,20)3/h10,16-18,20,27,29,32H,4-9,11-13H2,1-3H3/t16-,17-,18-,20?,22-,23-,24-,25-/m0/s1. The highest BCUT2D eigenvalue weighted by Gasteiger charge is 2.76. The van der Waals surface area contributed by atoms with E-state index in [1.54, 1.807) is 13.8 Å². The number of alkyl halides is 1. The summed E-state index contributed by atoms with van der Waals surface area (Å²) in [6, 6.07) is 0. The topological polar surface area (TPSA) is 121 Å². The highest BCUT2D eigenvalue weighted by atomic mass is 19.1. The van der Waals surface area contributed by atoms with Gasteiger partial charge in [-0.15, -0.1) is 0 Å². The summed E-state index contributed by atoms with van der Waals surface area (Å²) in [5.74, 6) is -2.53. The number of esters is 1. The van der Waals surface area contributed by atoms with E-state index in [0.29, 0.717) is 31.3 Å². The highest BCUT2D eigenvalue weighted by molar-refractivity contribution is 5.93. The SMILES string of the molecule is CCCC(=O)OC1CC(=O)C=C2CC[C@H]3[C@@H]4CC[C@](O)(C(=O)CO)[C@@]4(C)C[C@H](O)[C@]3(F)[C@@]21C. The smallest absolute Gasteiger partial charge is 0.306 e. The summed E-state index contributed by atoms with van der Waals surface area (Å²) in [6.45, 7) is 4.36. The molecule has 0 aromatic rings. The number of hydrogen-bond acceptors (Lipinski definition) is 7. The van der Waals surface area contributed by atoms with Crippen molar-refractivity contribution in [1.29, 1.82) is 0 Å². The van der Waals surface area contributed by atoms with Gasteiger partial charge in [-0.05, 0) is 57.4 Å². The van der Waals surface area contributed by atoms with E-state index in [1.165, 1.54) is 6.08 Å². The molecule has 3 saturated carbocycles. The molecule has 0 spiro atoms. The summed E-state index contributed by atoms with van der Waals surface area (Å²) < 4.78 is 23.2. The van der Waals surface area contributed by atoms with E-state index in [1.807, 2.05) is 6.92 Å². The summed E-state index contributed by atoms with van der Waals surface area (Å²) in [5, 5.41) is 32.1. The molecule has 0 bridgehead atoms. The predicted molar refractivity (Wildman–Crippen MR) is 116 cm³/mol. The van der Waals surface area contributed by atoms with Gasteiger partial charge in [0, 0.05) is 24.2 Å². The van der Waals surface area contributed by atoms with Crippen LogP contribution >= 0.6 is 0 Å². The number of fused-ring (bicyclic) bond motifs is 5. The molecule has 8 heteroatoms. The van der Waals surface area contributed by atoms with E-state index in [0.717, 1.165) is 0 Å². The van der Waals surface area contributed by atoms with Gasteiger partial charge in [-0.2, -0.15) is 0 Å². The Hall–Kier alpha value is -1.64. The first-order valence-corrected chi connectivity index (χ1v) is 12.1. The van der Waals surface area contributed by atoms with Crippen LogP contribution < -0.4 is 0 Å². The largest absolute Gasteiger partial charge is 0.461 e. The van der Waals surface area contributed by atoms with Gasteiger partial charge >= 0.3 is 5.97 Å². The number of ketones is 2. The average molecular weight is 467 g/mol. The quantitative estimate of drug-likeness (QED) is 0.531. The van der Waals surface area contributed by atoms with E-state index < -0.39 is 64.5 Å². The molecule has 0 aromatic carbocycles. The monoisotopic (exact) mass is 466 g/mol. The Morgan fingerprint density at radius 1 is 1.24 bits per heavy atom. The first kappa shape index (κ1) is 24.5. The first-order valence-electron chi connectivity index (χ1n) is 12.1. The van der Waals surface area contributed by atoms with E-state index in [4.69, 9.17) is 4.74 Å². The number of carbonyl (C=O) groups is 3. The molecule has 3 fully saturated rings. The molecule has 8 atom stereocenters. The van der Waals surface area contributed by atoms with Gasteiger partial charge in [0.1, 0.15) is 18.3 Å². The zero-order chi connectivity index (χ0) is 24.4. The third-order valence-corrected chi connectivity index (χ3v) is 9.59. The van der Waals surface area contributed by atoms with Crippen molar-refractivity contribution in [3.05, 3.63) is 11.6 Å². The van der Waals surface area contributed by atoms with E-state index in [9.17, 15) is 29.7 Å². The summed E-state index contributed by atoms with van der Waals surface area (Å²) in [5.41, 5.74) is -5.97. The molecule has 4 rings (SSSR count). The number of carbonyl (C=O) groups excluding carboxylic acids is 3. The Labute approximate surface area is 193 Å². The van der Waals surface area contributed by atoms with Crippen molar-refractivity contribution in [3.8, 4) is 0 Å². The zero-order valence-electron chi connectivity index (χ0n) is 19.6. The van der Waals surface area contributed by atoms with Crippen LogP contribution in [0.25, 0.3) is 0 Å². The average Bonchev–Trinajstić information content (AvgIpc) is 3.01. The lowest BCUT2D eigenvalue weighted by atomic mass is 9.43. The van der Waals surface area contributed by atoms with Crippen molar-refractivity contribution < 1.29 is 38.8 Å². The number of Topliss-reactive ketones (excluding diaryl/α,β-unsaturated/α-hetero) is 1. The van der Waals surface area contributed by atoms with Crippen LogP contribution in [0.3, 0.4) is 0 Å². The maximum Gasteiger partial charge on any atom is 0.306 e. The van der Waals surface area contributed by atoms with Crippen LogP contribution in [0.5, 0.6) is 0 Å². The fourth-order valence-electron chi connectivity index (χ4n) is 7.78.